The zero-order valence-electron chi connectivity index (χ0n) is 7.63. The zero-order chi connectivity index (χ0) is 9.84. The molecule has 0 heterocycles. The van der Waals surface area contributed by atoms with Gasteiger partial charge in [-0.15, -0.1) is 0 Å². The number of aliphatic hydroxyl groups excluding tert-OH is 1. The molecular formula is C10H14FNO. The molecule has 0 saturated carbocycles. The summed E-state index contributed by atoms with van der Waals surface area (Å²) in [6.45, 7) is 1.79. The van der Waals surface area contributed by atoms with Gasteiger partial charge in [-0.3, -0.25) is 0 Å². The highest BCUT2D eigenvalue weighted by Gasteiger charge is 2.09. The molecule has 3 N–H and O–H groups in total. The van der Waals surface area contributed by atoms with Gasteiger partial charge in [0.1, 0.15) is 5.82 Å². The van der Waals surface area contributed by atoms with Crippen LogP contribution in [0.3, 0.4) is 0 Å². The molecule has 2 nitrogen and oxygen atoms in total. The van der Waals surface area contributed by atoms with Crippen molar-refractivity contribution in [3.05, 3.63) is 35.1 Å². The van der Waals surface area contributed by atoms with E-state index in [9.17, 15) is 4.39 Å². The van der Waals surface area contributed by atoms with Crippen molar-refractivity contribution in [1.29, 1.82) is 0 Å². The molecule has 0 spiro atoms. The molecule has 72 valence electrons. The Kier molecular flexibility index (Phi) is 3.39. The van der Waals surface area contributed by atoms with Gasteiger partial charge in [-0.2, -0.15) is 0 Å². The molecule has 1 aromatic carbocycles. The zero-order valence-corrected chi connectivity index (χ0v) is 7.63. The Hall–Kier alpha value is -0.930. The predicted molar refractivity (Wildman–Crippen MR) is 49.5 cm³/mol. The second-order valence-electron chi connectivity index (χ2n) is 3.02. The van der Waals surface area contributed by atoms with Crippen molar-refractivity contribution >= 4 is 0 Å². The fraction of sp³-hybridized carbons (Fsp3) is 0.400. The van der Waals surface area contributed by atoms with Crippen molar-refractivity contribution in [3.8, 4) is 0 Å². The first kappa shape index (κ1) is 10.2. The third kappa shape index (κ3) is 2.26. The maximum absolute atomic E-state index is 12.7. The highest BCUT2D eigenvalue weighted by Crippen LogP contribution is 2.19. The summed E-state index contributed by atoms with van der Waals surface area (Å²) >= 11 is 0. The van der Waals surface area contributed by atoms with Crippen LogP contribution < -0.4 is 5.73 Å². The van der Waals surface area contributed by atoms with Gasteiger partial charge < -0.3 is 10.8 Å². The van der Waals surface area contributed by atoms with Crippen molar-refractivity contribution in [1.82, 2.24) is 0 Å². The average Bonchev–Trinajstić information content (AvgIpc) is 2.16. The van der Waals surface area contributed by atoms with Gasteiger partial charge in [0.15, 0.2) is 0 Å². The van der Waals surface area contributed by atoms with Crippen LogP contribution in [0.25, 0.3) is 0 Å². The summed E-state index contributed by atoms with van der Waals surface area (Å²) in [7, 11) is 0. The topological polar surface area (TPSA) is 46.2 Å². The fourth-order valence-electron chi connectivity index (χ4n) is 1.29. The van der Waals surface area contributed by atoms with Crippen LogP contribution >= 0.6 is 0 Å². The van der Waals surface area contributed by atoms with Crippen molar-refractivity contribution in [3.63, 3.8) is 0 Å². The highest BCUT2D eigenvalue weighted by molar-refractivity contribution is 5.29. The van der Waals surface area contributed by atoms with E-state index in [2.05, 4.69) is 0 Å². The Morgan fingerprint density at radius 1 is 1.54 bits per heavy atom. The van der Waals surface area contributed by atoms with Crippen LogP contribution in [0.2, 0.25) is 0 Å². The minimum absolute atomic E-state index is 0.122. The predicted octanol–water partition coefficient (Wildman–Crippen LogP) is 1.73. The first-order valence-corrected chi connectivity index (χ1v) is 4.33. The van der Waals surface area contributed by atoms with Gasteiger partial charge in [0.25, 0.3) is 0 Å². The maximum atomic E-state index is 12.7. The van der Waals surface area contributed by atoms with Crippen molar-refractivity contribution in [2.45, 2.75) is 26.0 Å². The standard InChI is InChI=1S/C10H14FNO/c1-2-10(12)9-4-3-8(11)5-7(9)6-13/h3-5,10,13H,2,6,12H2,1H3/t10-/m1/s1. The first-order valence-electron chi connectivity index (χ1n) is 4.33. The molecule has 0 aliphatic rings. The van der Waals surface area contributed by atoms with Crippen LogP contribution in [0.15, 0.2) is 18.2 Å². The third-order valence-electron chi connectivity index (χ3n) is 2.11. The van der Waals surface area contributed by atoms with E-state index in [0.717, 1.165) is 12.0 Å². The largest absolute Gasteiger partial charge is 0.392 e. The van der Waals surface area contributed by atoms with Crippen LogP contribution in [0.1, 0.15) is 30.5 Å². The third-order valence-corrected chi connectivity index (χ3v) is 2.11. The molecule has 0 amide bonds. The number of hydrogen-bond donors (Lipinski definition) is 2. The number of nitrogens with two attached hydrogens (primary N) is 1. The second-order valence-corrected chi connectivity index (χ2v) is 3.02. The molecule has 13 heavy (non-hydrogen) atoms. The first-order chi connectivity index (χ1) is 6.19. The SMILES string of the molecule is CC[C@@H](N)c1ccc(F)cc1CO. The molecule has 0 radical (unpaired) electrons. The molecule has 1 rings (SSSR count). The van der Waals surface area contributed by atoms with Gasteiger partial charge >= 0.3 is 0 Å². The van der Waals surface area contributed by atoms with Gasteiger partial charge in [0.05, 0.1) is 6.61 Å². The Balaban J connectivity index is 3.05. The molecular weight excluding hydrogens is 169 g/mol. The lowest BCUT2D eigenvalue weighted by atomic mass is 9.99. The van der Waals surface area contributed by atoms with Crippen LogP contribution in [0.5, 0.6) is 0 Å². The van der Waals surface area contributed by atoms with E-state index in [-0.39, 0.29) is 18.5 Å². The Morgan fingerprint density at radius 2 is 2.23 bits per heavy atom. The fourth-order valence-corrected chi connectivity index (χ4v) is 1.29. The van der Waals surface area contributed by atoms with Gasteiger partial charge in [0, 0.05) is 6.04 Å². The van der Waals surface area contributed by atoms with E-state index >= 15 is 0 Å². The molecule has 0 saturated heterocycles. The lowest BCUT2D eigenvalue weighted by Crippen LogP contribution is -2.11. The number of hydrogen-bond acceptors (Lipinski definition) is 2. The minimum Gasteiger partial charge on any atom is -0.392 e. The molecule has 3 heteroatoms. The number of rotatable bonds is 3. The van der Waals surface area contributed by atoms with Crippen LogP contribution in [-0.4, -0.2) is 5.11 Å². The van der Waals surface area contributed by atoms with E-state index < -0.39 is 0 Å². The lowest BCUT2D eigenvalue weighted by molar-refractivity contribution is 0.279. The smallest absolute Gasteiger partial charge is 0.123 e. The summed E-state index contributed by atoms with van der Waals surface area (Å²) in [5.74, 6) is -0.337. The summed E-state index contributed by atoms with van der Waals surface area (Å²) in [5, 5.41) is 8.97. The van der Waals surface area contributed by atoms with Gasteiger partial charge in [-0.05, 0) is 29.7 Å². The molecule has 0 aliphatic carbocycles. The summed E-state index contributed by atoms with van der Waals surface area (Å²) in [5.41, 5.74) is 7.19. The van der Waals surface area contributed by atoms with Crippen molar-refractivity contribution < 1.29 is 9.50 Å². The summed E-state index contributed by atoms with van der Waals surface area (Å²) in [6, 6.07) is 4.20. The van der Waals surface area contributed by atoms with E-state index in [1.165, 1.54) is 12.1 Å². The minimum atomic E-state index is -0.337. The highest BCUT2D eigenvalue weighted by atomic mass is 19.1. The Bertz CT molecular complexity index is 288. The monoisotopic (exact) mass is 183 g/mol. The molecule has 1 aromatic rings. The van der Waals surface area contributed by atoms with Crippen LogP contribution in [0.4, 0.5) is 4.39 Å². The number of benzene rings is 1. The van der Waals surface area contributed by atoms with Gasteiger partial charge in [0.2, 0.25) is 0 Å². The number of aliphatic hydroxyl groups is 1. The molecule has 0 aliphatic heterocycles. The normalized spacial score (nSPS) is 12.9. The van der Waals surface area contributed by atoms with Crippen LogP contribution in [-0.2, 0) is 6.61 Å². The van der Waals surface area contributed by atoms with Crippen molar-refractivity contribution in [2.24, 2.45) is 5.73 Å². The van der Waals surface area contributed by atoms with E-state index in [1.807, 2.05) is 6.92 Å². The second kappa shape index (κ2) is 4.35. The Morgan fingerprint density at radius 3 is 2.77 bits per heavy atom. The maximum Gasteiger partial charge on any atom is 0.123 e. The molecule has 0 fully saturated rings. The summed E-state index contributed by atoms with van der Waals surface area (Å²) in [4.78, 5) is 0. The van der Waals surface area contributed by atoms with E-state index in [1.54, 1.807) is 6.07 Å². The Labute approximate surface area is 77.2 Å². The van der Waals surface area contributed by atoms with E-state index in [4.69, 9.17) is 10.8 Å². The summed E-state index contributed by atoms with van der Waals surface area (Å²) in [6.07, 6.45) is 0.776. The van der Waals surface area contributed by atoms with Crippen LogP contribution in [0, 0.1) is 5.82 Å². The molecule has 1 atom stereocenters. The summed E-state index contributed by atoms with van der Waals surface area (Å²) < 4.78 is 12.7. The quantitative estimate of drug-likeness (QED) is 0.749. The average molecular weight is 183 g/mol. The molecule has 0 unspecified atom stereocenters. The van der Waals surface area contributed by atoms with E-state index in [0.29, 0.717) is 5.56 Å². The molecule has 0 bridgehead atoms. The number of halogens is 1. The molecule has 0 aromatic heterocycles. The van der Waals surface area contributed by atoms with Gasteiger partial charge in [-0.25, -0.2) is 4.39 Å². The van der Waals surface area contributed by atoms with Crippen molar-refractivity contribution in [2.75, 3.05) is 0 Å². The van der Waals surface area contributed by atoms with Gasteiger partial charge in [-0.1, -0.05) is 13.0 Å². The lowest BCUT2D eigenvalue weighted by Gasteiger charge is -2.13.